The number of para-hydroxylation sites is 1. The van der Waals surface area contributed by atoms with Gasteiger partial charge in [-0.25, -0.2) is 4.39 Å². The van der Waals surface area contributed by atoms with E-state index in [1.165, 1.54) is 0 Å². The number of amides is 2. The van der Waals surface area contributed by atoms with Crippen molar-refractivity contribution in [1.82, 2.24) is 15.2 Å². The van der Waals surface area contributed by atoms with Crippen LogP contribution in [0.4, 0.5) is 10.1 Å². The van der Waals surface area contributed by atoms with Crippen LogP contribution in [0.3, 0.4) is 0 Å². The average Bonchev–Trinajstić information content (AvgIpc) is 3.19. The second-order valence-electron chi connectivity index (χ2n) is 7.10. The van der Waals surface area contributed by atoms with Gasteiger partial charge in [0.1, 0.15) is 0 Å². The number of halogens is 1. The number of fused-ring (bicyclic) bond motifs is 1. The number of likely N-dealkylation sites (N-methyl/N-ethyl adjacent to an activating group) is 1. The maximum Gasteiger partial charge on any atom is 0.259 e. The maximum absolute atomic E-state index is 15.4. The molecule has 0 bridgehead atoms. The number of anilines is 1. The molecule has 0 fully saturated rings. The molecule has 0 atom stereocenters. The minimum atomic E-state index is -0.657. The third-order valence-electron chi connectivity index (χ3n) is 5.38. The highest BCUT2D eigenvalue weighted by atomic mass is 19.1. The summed E-state index contributed by atoms with van der Waals surface area (Å²) < 4.78 is 15.4. The molecule has 6 nitrogen and oxygen atoms in total. The molecule has 0 saturated carbocycles. The quantitative estimate of drug-likeness (QED) is 0.625. The Bertz CT molecular complexity index is 973. The second-order valence-corrected chi connectivity index (χ2v) is 7.10. The van der Waals surface area contributed by atoms with Gasteiger partial charge in [0.15, 0.2) is 5.83 Å². The number of benzene rings is 1. The molecule has 1 aliphatic heterocycles. The Morgan fingerprint density at radius 1 is 1.17 bits per heavy atom. The molecule has 0 unspecified atom stereocenters. The number of carbonyl (C=O) groups is 2. The first-order valence-corrected chi connectivity index (χ1v) is 9.89. The van der Waals surface area contributed by atoms with Crippen molar-refractivity contribution < 1.29 is 14.0 Å². The van der Waals surface area contributed by atoms with E-state index in [1.807, 2.05) is 0 Å². The third kappa shape index (κ3) is 3.96. The van der Waals surface area contributed by atoms with Crippen LogP contribution in [0.1, 0.15) is 46.7 Å². The number of aryl methyl sites for hydroxylation is 1. The maximum atomic E-state index is 15.4. The highest BCUT2D eigenvalue weighted by Gasteiger charge is 2.30. The van der Waals surface area contributed by atoms with Gasteiger partial charge in [-0.1, -0.05) is 32.0 Å². The Morgan fingerprint density at radius 3 is 2.55 bits per heavy atom. The lowest BCUT2D eigenvalue weighted by molar-refractivity contribution is -0.110. The Hall–Kier alpha value is -2.93. The molecule has 3 rings (SSSR count). The molecule has 29 heavy (non-hydrogen) atoms. The summed E-state index contributed by atoms with van der Waals surface area (Å²) in [6.45, 7) is 10.7. The molecular formula is C22H27FN4O2. The average molecular weight is 398 g/mol. The summed E-state index contributed by atoms with van der Waals surface area (Å²) in [6.07, 6.45) is 0. The van der Waals surface area contributed by atoms with E-state index in [4.69, 9.17) is 0 Å². The lowest BCUT2D eigenvalue weighted by Gasteiger charge is -2.18. The summed E-state index contributed by atoms with van der Waals surface area (Å²) in [6, 6.07) is 6.97. The monoisotopic (exact) mass is 398 g/mol. The van der Waals surface area contributed by atoms with Crippen molar-refractivity contribution in [2.75, 3.05) is 31.5 Å². The Morgan fingerprint density at radius 2 is 1.86 bits per heavy atom. The first-order chi connectivity index (χ1) is 13.9. The molecule has 154 valence electrons. The zero-order valence-corrected chi connectivity index (χ0v) is 17.3. The summed E-state index contributed by atoms with van der Waals surface area (Å²) >= 11 is 0. The highest BCUT2D eigenvalue weighted by molar-refractivity contribution is 6.36. The van der Waals surface area contributed by atoms with Crippen molar-refractivity contribution in [2.45, 2.75) is 27.7 Å². The van der Waals surface area contributed by atoms with Gasteiger partial charge in [-0.15, -0.1) is 0 Å². The van der Waals surface area contributed by atoms with Crippen molar-refractivity contribution in [3.63, 3.8) is 0 Å². The summed E-state index contributed by atoms with van der Waals surface area (Å²) in [7, 11) is 0. The fourth-order valence-electron chi connectivity index (χ4n) is 3.73. The summed E-state index contributed by atoms with van der Waals surface area (Å²) in [5.74, 6) is -1.39. The second kappa shape index (κ2) is 8.61. The van der Waals surface area contributed by atoms with Crippen molar-refractivity contribution in [2.24, 2.45) is 0 Å². The van der Waals surface area contributed by atoms with E-state index >= 15 is 4.39 Å². The first-order valence-electron chi connectivity index (χ1n) is 9.89. The fourth-order valence-corrected chi connectivity index (χ4v) is 3.73. The predicted octanol–water partition coefficient (Wildman–Crippen LogP) is 3.49. The van der Waals surface area contributed by atoms with Gasteiger partial charge < -0.3 is 20.5 Å². The van der Waals surface area contributed by atoms with Crippen LogP contribution in [0.15, 0.2) is 24.3 Å². The number of hydrogen-bond acceptors (Lipinski definition) is 3. The van der Waals surface area contributed by atoms with Gasteiger partial charge in [0.25, 0.3) is 11.8 Å². The van der Waals surface area contributed by atoms with E-state index in [0.29, 0.717) is 34.6 Å². The van der Waals surface area contributed by atoms with Crippen LogP contribution in [0.25, 0.3) is 11.4 Å². The Balaban J connectivity index is 1.88. The first kappa shape index (κ1) is 20.8. The van der Waals surface area contributed by atoms with E-state index < -0.39 is 11.7 Å². The molecule has 2 aromatic rings. The summed E-state index contributed by atoms with van der Waals surface area (Å²) in [5.41, 5.74) is 2.73. The third-order valence-corrected chi connectivity index (χ3v) is 5.38. The number of aromatic amines is 1. The van der Waals surface area contributed by atoms with Gasteiger partial charge in [-0.05, 0) is 38.6 Å². The smallest absolute Gasteiger partial charge is 0.259 e. The summed E-state index contributed by atoms with van der Waals surface area (Å²) in [4.78, 5) is 30.2. The van der Waals surface area contributed by atoms with Crippen molar-refractivity contribution in [3.05, 3.63) is 52.3 Å². The molecule has 2 amide bonds. The Labute approximate surface area is 170 Å². The van der Waals surface area contributed by atoms with Gasteiger partial charge >= 0.3 is 0 Å². The fraction of sp³-hybridized carbons (Fsp3) is 0.364. The van der Waals surface area contributed by atoms with Crippen LogP contribution in [0.2, 0.25) is 0 Å². The van der Waals surface area contributed by atoms with Crippen LogP contribution in [0.5, 0.6) is 0 Å². The van der Waals surface area contributed by atoms with E-state index in [9.17, 15) is 9.59 Å². The van der Waals surface area contributed by atoms with Crippen molar-refractivity contribution in [1.29, 1.82) is 0 Å². The van der Waals surface area contributed by atoms with Crippen molar-refractivity contribution >= 4 is 28.9 Å². The highest BCUT2D eigenvalue weighted by Crippen LogP contribution is 2.38. The largest absolute Gasteiger partial charge is 0.356 e. The van der Waals surface area contributed by atoms with Gasteiger partial charge in [0, 0.05) is 30.0 Å². The van der Waals surface area contributed by atoms with Gasteiger partial charge in [-0.3, -0.25) is 9.59 Å². The molecule has 1 aromatic heterocycles. The SMILES string of the molecule is CCN(CC)CCNC(=O)c1c(C)[nH]c(C(F)=C2C(=O)Nc3ccccc32)c1C. The molecule has 0 radical (unpaired) electrons. The summed E-state index contributed by atoms with van der Waals surface area (Å²) in [5, 5.41) is 5.58. The predicted molar refractivity (Wildman–Crippen MR) is 113 cm³/mol. The minimum Gasteiger partial charge on any atom is -0.356 e. The molecule has 2 heterocycles. The molecule has 0 saturated heterocycles. The van der Waals surface area contributed by atoms with Crippen LogP contribution >= 0.6 is 0 Å². The molecule has 1 aromatic carbocycles. The van der Waals surface area contributed by atoms with Gasteiger partial charge in [-0.2, -0.15) is 0 Å². The molecular weight excluding hydrogens is 371 g/mol. The number of H-pyrrole nitrogens is 1. The normalized spacial score (nSPS) is 14.8. The number of rotatable bonds is 7. The van der Waals surface area contributed by atoms with E-state index in [0.717, 1.165) is 19.6 Å². The zero-order valence-electron chi connectivity index (χ0n) is 17.3. The van der Waals surface area contributed by atoms with Crippen molar-refractivity contribution in [3.8, 4) is 0 Å². The molecule has 0 aliphatic carbocycles. The molecule has 7 heteroatoms. The molecule has 1 aliphatic rings. The number of nitrogens with zero attached hydrogens (tertiary/aromatic N) is 1. The van der Waals surface area contributed by atoms with E-state index in [2.05, 4.69) is 34.4 Å². The van der Waals surface area contributed by atoms with E-state index in [1.54, 1.807) is 38.1 Å². The van der Waals surface area contributed by atoms with Gasteiger partial charge in [0.05, 0.1) is 16.8 Å². The number of carbonyl (C=O) groups excluding carboxylic acids is 2. The lowest BCUT2D eigenvalue weighted by atomic mass is 10.0. The lowest BCUT2D eigenvalue weighted by Crippen LogP contribution is -2.35. The number of nitrogens with one attached hydrogen (secondary N) is 3. The van der Waals surface area contributed by atoms with Crippen LogP contribution in [0, 0.1) is 13.8 Å². The minimum absolute atomic E-state index is 0.0153. The Kier molecular flexibility index (Phi) is 6.17. The standard InChI is InChI=1S/C22H27FN4O2/c1-5-27(6-2)12-11-24-21(28)17-13(3)20(25-14(17)4)19(23)18-15-9-7-8-10-16(15)26-22(18)29/h7-10,25H,5-6,11-12H2,1-4H3,(H,24,28)(H,26,29). The van der Waals surface area contributed by atoms with Crippen LogP contribution in [-0.4, -0.2) is 47.9 Å². The van der Waals surface area contributed by atoms with Crippen LogP contribution in [-0.2, 0) is 4.79 Å². The van der Waals surface area contributed by atoms with E-state index in [-0.39, 0.29) is 17.2 Å². The number of hydrogen-bond donors (Lipinski definition) is 3. The zero-order chi connectivity index (χ0) is 21.1. The van der Waals surface area contributed by atoms with Gasteiger partial charge in [0.2, 0.25) is 0 Å². The van der Waals surface area contributed by atoms with Crippen LogP contribution < -0.4 is 10.6 Å². The number of aromatic nitrogens is 1. The molecule has 0 spiro atoms. The topological polar surface area (TPSA) is 77.2 Å². The molecule has 3 N–H and O–H groups in total.